The summed E-state index contributed by atoms with van der Waals surface area (Å²) in [5.74, 6) is 0.513. The zero-order chi connectivity index (χ0) is 12.4. The Labute approximate surface area is 103 Å². The number of fused-ring (bicyclic) bond motifs is 1. The van der Waals surface area contributed by atoms with Crippen LogP contribution in [0.25, 0.3) is 10.9 Å². The van der Waals surface area contributed by atoms with Gasteiger partial charge in [-0.1, -0.05) is 25.1 Å². The minimum absolute atomic E-state index is 0.513. The average Bonchev–Trinajstić information content (AvgIpc) is 2.67. The molecule has 3 nitrogen and oxygen atoms in total. The highest BCUT2D eigenvalue weighted by molar-refractivity contribution is 5.93. The molecule has 0 radical (unpaired) electrons. The number of rotatable bonds is 4. The van der Waals surface area contributed by atoms with Crippen molar-refractivity contribution < 1.29 is 0 Å². The second-order valence-corrected chi connectivity index (χ2v) is 4.86. The van der Waals surface area contributed by atoms with Crippen LogP contribution in [0.3, 0.4) is 0 Å². The van der Waals surface area contributed by atoms with Crippen LogP contribution in [-0.4, -0.2) is 24.7 Å². The topological polar surface area (TPSA) is 34.2 Å². The Bertz CT molecular complexity index is 501. The lowest BCUT2D eigenvalue weighted by atomic mass is 10.1. The van der Waals surface area contributed by atoms with Crippen LogP contribution in [0.5, 0.6) is 0 Å². The van der Waals surface area contributed by atoms with Crippen LogP contribution in [0.4, 0.5) is 5.69 Å². The van der Waals surface area contributed by atoms with Crippen LogP contribution in [-0.2, 0) is 7.05 Å². The molecule has 0 saturated heterocycles. The number of nitrogens with two attached hydrogens (primary N) is 1. The van der Waals surface area contributed by atoms with E-state index in [9.17, 15) is 0 Å². The predicted octanol–water partition coefficient (Wildman–Crippen LogP) is 2.21. The molecule has 0 aliphatic heterocycles. The minimum Gasteiger partial charge on any atom is -0.373 e. The van der Waals surface area contributed by atoms with Gasteiger partial charge in [0, 0.05) is 37.7 Å². The molecule has 2 rings (SSSR count). The third-order valence-corrected chi connectivity index (χ3v) is 3.28. The monoisotopic (exact) mass is 231 g/mol. The van der Waals surface area contributed by atoms with Gasteiger partial charge in [0.15, 0.2) is 0 Å². The molecular formula is C14H21N3. The van der Waals surface area contributed by atoms with Crippen molar-refractivity contribution in [2.75, 3.05) is 25.0 Å². The first-order valence-corrected chi connectivity index (χ1v) is 6.08. The molecular weight excluding hydrogens is 210 g/mol. The van der Waals surface area contributed by atoms with Gasteiger partial charge < -0.3 is 15.2 Å². The Kier molecular flexibility index (Phi) is 3.38. The van der Waals surface area contributed by atoms with Crippen molar-refractivity contribution in [1.29, 1.82) is 0 Å². The van der Waals surface area contributed by atoms with Gasteiger partial charge in [0.05, 0.1) is 5.69 Å². The van der Waals surface area contributed by atoms with Crippen molar-refractivity contribution >= 4 is 16.6 Å². The first-order chi connectivity index (χ1) is 8.13. The number of benzene rings is 1. The van der Waals surface area contributed by atoms with Gasteiger partial charge in [0.25, 0.3) is 0 Å². The largest absolute Gasteiger partial charge is 0.373 e. The van der Waals surface area contributed by atoms with Crippen molar-refractivity contribution in [3.8, 4) is 0 Å². The zero-order valence-electron chi connectivity index (χ0n) is 10.9. The fraction of sp³-hybridized carbons (Fsp3) is 0.429. The number of para-hydroxylation sites is 1. The first kappa shape index (κ1) is 12.0. The van der Waals surface area contributed by atoms with E-state index in [0.717, 1.165) is 13.1 Å². The van der Waals surface area contributed by atoms with Crippen molar-refractivity contribution in [2.45, 2.75) is 6.92 Å². The van der Waals surface area contributed by atoms with Crippen LogP contribution in [0.2, 0.25) is 0 Å². The maximum absolute atomic E-state index is 5.68. The maximum Gasteiger partial charge on any atom is 0.0623 e. The highest BCUT2D eigenvalue weighted by Crippen LogP contribution is 2.27. The highest BCUT2D eigenvalue weighted by atomic mass is 15.1. The van der Waals surface area contributed by atoms with Gasteiger partial charge in [-0.15, -0.1) is 0 Å². The predicted molar refractivity (Wildman–Crippen MR) is 74.4 cm³/mol. The second-order valence-electron chi connectivity index (χ2n) is 4.86. The summed E-state index contributed by atoms with van der Waals surface area (Å²) in [4.78, 5) is 2.29. The van der Waals surface area contributed by atoms with E-state index < -0.39 is 0 Å². The molecule has 1 atom stereocenters. The average molecular weight is 231 g/mol. The van der Waals surface area contributed by atoms with Crippen LogP contribution >= 0.6 is 0 Å². The van der Waals surface area contributed by atoms with E-state index in [1.54, 1.807) is 0 Å². The molecule has 0 fully saturated rings. The molecule has 17 heavy (non-hydrogen) atoms. The first-order valence-electron chi connectivity index (χ1n) is 6.08. The van der Waals surface area contributed by atoms with Gasteiger partial charge in [-0.3, -0.25) is 0 Å². The summed E-state index contributed by atoms with van der Waals surface area (Å²) < 4.78 is 2.17. The molecule has 0 aliphatic carbocycles. The van der Waals surface area contributed by atoms with Crippen LogP contribution in [0.15, 0.2) is 30.5 Å². The molecule has 1 unspecified atom stereocenters. The zero-order valence-corrected chi connectivity index (χ0v) is 10.9. The molecule has 2 N–H and O–H groups in total. The van der Waals surface area contributed by atoms with Crippen molar-refractivity contribution in [1.82, 2.24) is 4.57 Å². The third kappa shape index (κ3) is 2.29. The lowest BCUT2D eigenvalue weighted by Gasteiger charge is -2.21. The molecule has 0 amide bonds. The third-order valence-electron chi connectivity index (χ3n) is 3.28. The Morgan fingerprint density at radius 2 is 2.06 bits per heavy atom. The number of aryl methyl sites for hydroxylation is 1. The summed E-state index contributed by atoms with van der Waals surface area (Å²) in [5.41, 5.74) is 8.24. The second kappa shape index (κ2) is 4.80. The Morgan fingerprint density at radius 1 is 1.35 bits per heavy atom. The molecule has 1 aromatic carbocycles. The Morgan fingerprint density at radius 3 is 2.76 bits per heavy atom. The van der Waals surface area contributed by atoms with E-state index in [2.05, 4.69) is 60.9 Å². The lowest BCUT2D eigenvalue weighted by molar-refractivity contribution is 0.590. The van der Waals surface area contributed by atoms with Crippen molar-refractivity contribution in [2.24, 2.45) is 18.7 Å². The van der Waals surface area contributed by atoms with Gasteiger partial charge in [-0.2, -0.15) is 0 Å². The standard InChI is InChI=1S/C14H21N3/c1-11(8-15)9-16(2)14-10-17(3)13-7-5-4-6-12(13)14/h4-7,10-11H,8-9,15H2,1-3H3. The van der Waals surface area contributed by atoms with Crippen LogP contribution in [0, 0.1) is 5.92 Å². The fourth-order valence-electron chi connectivity index (χ4n) is 2.26. The van der Waals surface area contributed by atoms with Gasteiger partial charge in [0.1, 0.15) is 0 Å². The molecule has 2 aromatic rings. The smallest absolute Gasteiger partial charge is 0.0623 e. The number of hydrogen-bond donors (Lipinski definition) is 1. The summed E-state index contributed by atoms with van der Waals surface area (Å²) in [6, 6.07) is 8.49. The fourth-order valence-corrected chi connectivity index (χ4v) is 2.26. The quantitative estimate of drug-likeness (QED) is 0.875. The molecule has 0 bridgehead atoms. The van der Waals surface area contributed by atoms with Gasteiger partial charge in [0.2, 0.25) is 0 Å². The molecule has 1 aromatic heterocycles. The van der Waals surface area contributed by atoms with Crippen LogP contribution < -0.4 is 10.6 Å². The molecule has 1 heterocycles. The van der Waals surface area contributed by atoms with Gasteiger partial charge in [-0.05, 0) is 18.5 Å². The molecule has 0 spiro atoms. The molecule has 3 heteroatoms. The Balaban J connectivity index is 2.35. The summed E-state index contributed by atoms with van der Waals surface area (Å²) in [5, 5.41) is 1.31. The van der Waals surface area contributed by atoms with Crippen molar-refractivity contribution in [3.05, 3.63) is 30.5 Å². The SMILES string of the molecule is CC(CN)CN(C)c1cn(C)c2ccccc12. The van der Waals surface area contributed by atoms with E-state index >= 15 is 0 Å². The van der Waals surface area contributed by atoms with E-state index in [-0.39, 0.29) is 0 Å². The normalized spacial score (nSPS) is 12.9. The number of aromatic nitrogens is 1. The molecule has 92 valence electrons. The van der Waals surface area contributed by atoms with Crippen LogP contribution in [0.1, 0.15) is 6.92 Å². The van der Waals surface area contributed by atoms with Crippen molar-refractivity contribution in [3.63, 3.8) is 0 Å². The lowest BCUT2D eigenvalue weighted by Crippen LogP contribution is -2.28. The van der Waals surface area contributed by atoms with Gasteiger partial charge in [-0.25, -0.2) is 0 Å². The number of nitrogens with zero attached hydrogens (tertiary/aromatic N) is 2. The summed E-state index contributed by atoms with van der Waals surface area (Å²) in [6.45, 7) is 3.90. The van der Waals surface area contributed by atoms with E-state index in [1.807, 2.05) is 0 Å². The highest BCUT2D eigenvalue weighted by Gasteiger charge is 2.11. The van der Waals surface area contributed by atoms with Gasteiger partial charge >= 0.3 is 0 Å². The molecule has 0 aliphatic rings. The van der Waals surface area contributed by atoms with E-state index in [4.69, 9.17) is 5.73 Å². The minimum atomic E-state index is 0.513. The number of anilines is 1. The summed E-state index contributed by atoms with van der Waals surface area (Å²) >= 11 is 0. The molecule has 0 saturated carbocycles. The van der Waals surface area contributed by atoms with E-state index in [0.29, 0.717) is 5.92 Å². The summed E-state index contributed by atoms with van der Waals surface area (Å²) in [7, 11) is 4.22. The Hall–Kier alpha value is -1.48. The number of hydrogen-bond acceptors (Lipinski definition) is 2. The van der Waals surface area contributed by atoms with E-state index in [1.165, 1.54) is 16.6 Å². The summed E-state index contributed by atoms with van der Waals surface area (Å²) in [6.07, 6.45) is 2.19. The maximum atomic E-state index is 5.68.